The van der Waals surface area contributed by atoms with Gasteiger partial charge in [-0.15, -0.1) is 0 Å². The lowest BCUT2D eigenvalue weighted by atomic mass is 10.0. The molecule has 0 spiro atoms. The first-order valence-corrected chi connectivity index (χ1v) is 21.8. The molecule has 0 radical (unpaired) electrons. The van der Waals surface area contributed by atoms with Crippen molar-refractivity contribution in [3.8, 4) is 22.5 Å². The van der Waals surface area contributed by atoms with E-state index >= 15 is 0 Å². The Bertz CT molecular complexity index is 2960. The van der Waals surface area contributed by atoms with Gasteiger partial charge >= 0.3 is 0 Å². The van der Waals surface area contributed by atoms with Gasteiger partial charge in [0.1, 0.15) is 0 Å². The topological polar surface area (TPSA) is 22.8 Å². The molecule has 260 valence electrons. The monoisotopic (exact) mass is 737 g/mol. The van der Waals surface area contributed by atoms with Crippen LogP contribution < -0.4 is 20.7 Å². The van der Waals surface area contributed by atoms with E-state index in [1.54, 1.807) is 0 Å². The maximum absolute atomic E-state index is 5.06. The van der Waals surface area contributed by atoms with Gasteiger partial charge in [-0.2, -0.15) is 0 Å². The first-order chi connectivity index (χ1) is 27.3. The van der Waals surface area contributed by atoms with Crippen LogP contribution in [0.3, 0.4) is 0 Å². The predicted octanol–water partition coefficient (Wildman–Crippen LogP) is 9.77. The summed E-state index contributed by atoms with van der Waals surface area (Å²) in [7, 11) is -2.89. The SMILES string of the molecule is c1ccc([Si](c2ccccc2)(c2cccc(-c3ccc4nc5n(c4c3)-c3ccccc3CS5)c2)c2cccc(-n3c4ccccc4c4ccccc43)c2)cc1. The van der Waals surface area contributed by atoms with Crippen LogP contribution in [0.1, 0.15) is 5.56 Å². The highest BCUT2D eigenvalue weighted by molar-refractivity contribution is 7.98. The second kappa shape index (κ2) is 12.9. The maximum atomic E-state index is 5.06. The van der Waals surface area contributed by atoms with E-state index in [0.29, 0.717) is 0 Å². The molecule has 1 aliphatic rings. The lowest BCUT2D eigenvalue weighted by Gasteiger charge is -2.35. The molecule has 10 aromatic rings. The molecule has 8 aromatic carbocycles. The van der Waals surface area contributed by atoms with Crippen LogP contribution in [0.4, 0.5) is 0 Å². The summed E-state index contributed by atoms with van der Waals surface area (Å²) in [6.07, 6.45) is 0. The van der Waals surface area contributed by atoms with E-state index in [-0.39, 0.29) is 0 Å². The quantitative estimate of drug-likeness (QED) is 0.125. The lowest BCUT2D eigenvalue weighted by molar-refractivity contribution is 0.894. The van der Waals surface area contributed by atoms with Crippen LogP contribution in [-0.2, 0) is 5.75 Å². The second-order valence-corrected chi connectivity index (χ2v) is 19.1. The van der Waals surface area contributed by atoms with Gasteiger partial charge in [-0.1, -0.05) is 169 Å². The van der Waals surface area contributed by atoms with Gasteiger partial charge < -0.3 is 4.57 Å². The minimum atomic E-state index is -2.89. The van der Waals surface area contributed by atoms with Crippen LogP contribution in [-0.4, -0.2) is 22.2 Å². The third-order valence-corrected chi connectivity index (χ3v) is 17.1. The van der Waals surface area contributed by atoms with E-state index in [1.165, 1.54) is 70.6 Å². The van der Waals surface area contributed by atoms with Crippen LogP contribution >= 0.6 is 11.8 Å². The van der Waals surface area contributed by atoms with Crippen molar-refractivity contribution in [1.82, 2.24) is 14.1 Å². The number of hydrogen-bond donors (Lipinski definition) is 0. The summed E-state index contributed by atoms with van der Waals surface area (Å²) >= 11 is 1.81. The largest absolute Gasteiger partial charge is 0.309 e. The molecule has 1 aliphatic heterocycles. The number of thioether (sulfide) groups is 1. The summed E-state index contributed by atoms with van der Waals surface area (Å²) < 4.78 is 4.79. The molecule has 0 N–H and O–H groups in total. The van der Waals surface area contributed by atoms with Gasteiger partial charge in [0.2, 0.25) is 0 Å². The molecule has 0 saturated heterocycles. The normalized spacial score (nSPS) is 12.6. The highest BCUT2D eigenvalue weighted by Gasteiger charge is 2.42. The van der Waals surface area contributed by atoms with Crippen molar-refractivity contribution in [2.24, 2.45) is 0 Å². The summed E-state index contributed by atoms with van der Waals surface area (Å²) in [5.41, 5.74) is 10.7. The van der Waals surface area contributed by atoms with Crippen molar-refractivity contribution in [2.75, 3.05) is 0 Å². The Balaban J connectivity index is 1.15. The van der Waals surface area contributed by atoms with Crippen LogP contribution in [0.5, 0.6) is 0 Å². The summed E-state index contributed by atoms with van der Waals surface area (Å²) in [4.78, 5) is 5.06. The fourth-order valence-electron chi connectivity index (χ4n) is 8.94. The van der Waals surface area contributed by atoms with Crippen LogP contribution in [0.2, 0.25) is 0 Å². The summed E-state index contributed by atoms with van der Waals surface area (Å²) in [6, 6.07) is 74.3. The van der Waals surface area contributed by atoms with Crippen molar-refractivity contribution >= 4 is 73.4 Å². The van der Waals surface area contributed by atoms with Gasteiger partial charge in [-0.05, 0) is 79.9 Å². The molecule has 0 amide bonds. The molecular formula is C50H35N3SSi. The molecule has 0 saturated carbocycles. The number of benzene rings is 8. The van der Waals surface area contributed by atoms with Gasteiger partial charge in [0.25, 0.3) is 0 Å². The van der Waals surface area contributed by atoms with Crippen molar-refractivity contribution in [3.05, 3.63) is 206 Å². The van der Waals surface area contributed by atoms with Crippen LogP contribution in [0, 0.1) is 0 Å². The minimum Gasteiger partial charge on any atom is -0.309 e. The second-order valence-electron chi connectivity index (χ2n) is 14.3. The molecule has 2 aromatic heterocycles. The minimum absolute atomic E-state index is 0.943. The van der Waals surface area contributed by atoms with Gasteiger partial charge in [0.15, 0.2) is 13.2 Å². The number of rotatable bonds is 6. The molecule has 5 heteroatoms. The van der Waals surface area contributed by atoms with Gasteiger partial charge in [-0.3, -0.25) is 4.57 Å². The third-order valence-electron chi connectivity index (χ3n) is 11.4. The molecule has 0 bridgehead atoms. The van der Waals surface area contributed by atoms with E-state index in [0.717, 1.165) is 21.9 Å². The molecule has 55 heavy (non-hydrogen) atoms. The molecule has 3 nitrogen and oxygen atoms in total. The van der Waals surface area contributed by atoms with Crippen molar-refractivity contribution < 1.29 is 0 Å². The maximum Gasteiger partial charge on any atom is 0.179 e. The number of nitrogens with zero attached hydrogens (tertiary/aromatic N) is 3. The zero-order chi connectivity index (χ0) is 36.3. The fourth-order valence-corrected chi connectivity index (χ4v) is 14.8. The van der Waals surface area contributed by atoms with Gasteiger partial charge in [-0.25, -0.2) is 4.98 Å². The molecule has 11 rings (SSSR count). The number of aromatic nitrogens is 3. The van der Waals surface area contributed by atoms with Crippen LogP contribution in [0.15, 0.2) is 205 Å². The van der Waals surface area contributed by atoms with Crippen molar-refractivity contribution in [1.29, 1.82) is 0 Å². The molecule has 0 unspecified atom stereocenters. The Morgan fingerprint density at radius 2 is 1.02 bits per heavy atom. The zero-order valence-electron chi connectivity index (χ0n) is 30.0. The molecule has 0 fully saturated rings. The average Bonchev–Trinajstić information content (AvgIpc) is 3.81. The Hall–Kier alpha value is -6.40. The molecule has 0 atom stereocenters. The van der Waals surface area contributed by atoms with Gasteiger partial charge in [0.05, 0.1) is 27.8 Å². The summed E-state index contributed by atoms with van der Waals surface area (Å²) in [6.45, 7) is 0. The molecule has 0 aliphatic carbocycles. The lowest BCUT2D eigenvalue weighted by Crippen LogP contribution is -2.74. The van der Waals surface area contributed by atoms with E-state index in [4.69, 9.17) is 4.98 Å². The average molecular weight is 738 g/mol. The van der Waals surface area contributed by atoms with Crippen LogP contribution in [0.25, 0.3) is 55.3 Å². The smallest absolute Gasteiger partial charge is 0.179 e. The first-order valence-electron chi connectivity index (χ1n) is 18.8. The highest BCUT2D eigenvalue weighted by atomic mass is 32.2. The number of fused-ring (bicyclic) bond motifs is 8. The Kier molecular flexibility index (Phi) is 7.51. The summed E-state index contributed by atoms with van der Waals surface area (Å²) in [5, 5.41) is 8.99. The highest BCUT2D eigenvalue weighted by Crippen LogP contribution is 2.38. The fraction of sp³-hybridized carbons (Fsp3) is 0.0200. The van der Waals surface area contributed by atoms with E-state index in [1.807, 2.05) is 11.8 Å². The van der Waals surface area contributed by atoms with Gasteiger partial charge in [0, 0.05) is 22.2 Å². The first kappa shape index (κ1) is 32.1. The predicted molar refractivity (Wildman–Crippen MR) is 234 cm³/mol. The molecule has 3 heterocycles. The van der Waals surface area contributed by atoms with Crippen molar-refractivity contribution in [3.63, 3.8) is 0 Å². The Morgan fingerprint density at radius 1 is 0.436 bits per heavy atom. The standard InChI is InChI=1S/C50H35N3SSi/c1-3-18-39(19-4-1)55(40-20-5-2-6-21-40,42-23-14-17-38(33-42)52-47-27-11-8-24-43(47)44-25-9-12-28-48(44)52)41-22-13-16-35(31-41)36-29-30-45-49(32-36)53-46-26-10-7-15-37(46)34-54-50(53)51-45/h1-33H,34H2. The number of hydrogen-bond acceptors (Lipinski definition) is 2. The van der Waals surface area contributed by atoms with E-state index < -0.39 is 8.07 Å². The third kappa shape index (κ3) is 5.01. The number of imidazole rings is 1. The molecular weight excluding hydrogens is 703 g/mol. The van der Waals surface area contributed by atoms with Crippen molar-refractivity contribution in [2.45, 2.75) is 10.9 Å². The Labute approximate surface area is 325 Å². The van der Waals surface area contributed by atoms with E-state index in [2.05, 4.69) is 209 Å². The summed E-state index contributed by atoms with van der Waals surface area (Å²) in [5.74, 6) is 0.943. The number of para-hydroxylation sites is 3. The Morgan fingerprint density at radius 3 is 1.75 bits per heavy atom. The van der Waals surface area contributed by atoms with E-state index in [9.17, 15) is 0 Å². The zero-order valence-corrected chi connectivity index (χ0v) is 31.8.